The second kappa shape index (κ2) is 8.09. The lowest BCUT2D eigenvalue weighted by atomic mass is 10.0. The van der Waals surface area contributed by atoms with Gasteiger partial charge in [-0.2, -0.15) is 0 Å². The zero-order chi connectivity index (χ0) is 17.6. The van der Waals surface area contributed by atoms with E-state index < -0.39 is 0 Å². The van der Waals surface area contributed by atoms with E-state index in [9.17, 15) is 9.59 Å². The van der Waals surface area contributed by atoms with Gasteiger partial charge in [0.2, 0.25) is 5.91 Å². The molecule has 3 rings (SSSR count). The van der Waals surface area contributed by atoms with Crippen LogP contribution >= 0.6 is 11.6 Å². The summed E-state index contributed by atoms with van der Waals surface area (Å²) in [5, 5.41) is 6.55. The van der Waals surface area contributed by atoms with Gasteiger partial charge in [-0.15, -0.1) is 0 Å². The average Bonchev–Trinajstić information content (AvgIpc) is 2.67. The molecule has 0 radical (unpaired) electrons. The highest BCUT2D eigenvalue weighted by Crippen LogP contribution is 2.28. The molecule has 1 aliphatic rings. The van der Waals surface area contributed by atoms with Crippen LogP contribution in [-0.2, 0) is 4.79 Å². The van der Waals surface area contributed by atoms with Gasteiger partial charge < -0.3 is 15.5 Å². The number of rotatable bonds is 4. The van der Waals surface area contributed by atoms with Crippen molar-refractivity contribution in [3.8, 4) is 0 Å². The van der Waals surface area contributed by atoms with Gasteiger partial charge >= 0.3 is 0 Å². The number of hydrogen-bond donors (Lipinski definition) is 2. The Morgan fingerprint density at radius 2 is 2.04 bits per heavy atom. The van der Waals surface area contributed by atoms with Crippen molar-refractivity contribution in [2.24, 2.45) is 0 Å². The SMILES string of the molecule is O=C(NCC(=O)N1CCNCC1c1ccccc1Cl)c1ccccn1. The summed E-state index contributed by atoms with van der Waals surface area (Å²) in [6, 6.07) is 12.4. The Morgan fingerprint density at radius 3 is 2.80 bits per heavy atom. The number of carbonyl (C=O) groups is 2. The molecule has 1 aromatic heterocycles. The summed E-state index contributed by atoms with van der Waals surface area (Å²) in [4.78, 5) is 30.4. The van der Waals surface area contributed by atoms with E-state index in [0.717, 1.165) is 5.56 Å². The highest BCUT2D eigenvalue weighted by Gasteiger charge is 2.29. The number of halogens is 1. The molecule has 130 valence electrons. The Bertz CT molecular complexity index is 754. The summed E-state index contributed by atoms with van der Waals surface area (Å²) < 4.78 is 0. The first-order valence-corrected chi connectivity index (χ1v) is 8.48. The van der Waals surface area contributed by atoms with E-state index >= 15 is 0 Å². The minimum atomic E-state index is -0.363. The van der Waals surface area contributed by atoms with Crippen LogP contribution in [0, 0.1) is 0 Å². The van der Waals surface area contributed by atoms with Gasteiger partial charge in [0.1, 0.15) is 5.69 Å². The van der Waals surface area contributed by atoms with Crippen LogP contribution in [0.4, 0.5) is 0 Å². The smallest absolute Gasteiger partial charge is 0.270 e. The third-order valence-corrected chi connectivity index (χ3v) is 4.47. The first-order chi connectivity index (χ1) is 12.2. The van der Waals surface area contributed by atoms with Crippen LogP contribution in [-0.4, -0.2) is 47.9 Å². The summed E-state index contributed by atoms with van der Waals surface area (Å²) in [5.74, 6) is -0.505. The molecule has 25 heavy (non-hydrogen) atoms. The van der Waals surface area contributed by atoms with Gasteiger partial charge in [0.05, 0.1) is 12.6 Å². The van der Waals surface area contributed by atoms with E-state index in [-0.39, 0.29) is 24.4 Å². The van der Waals surface area contributed by atoms with Crippen molar-refractivity contribution in [2.75, 3.05) is 26.2 Å². The van der Waals surface area contributed by atoms with Crippen LogP contribution in [0.1, 0.15) is 22.1 Å². The zero-order valence-corrected chi connectivity index (χ0v) is 14.4. The van der Waals surface area contributed by atoms with Gasteiger partial charge in [0.15, 0.2) is 0 Å². The first-order valence-electron chi connectivity index (χ1n) is 8.10. The molecule has 1 aliphatic heterocycles. The lowest BCUT2D eigenvalue weighted by molar-refractivity contribution is -0.133. The minimum Gasteiger partial charge on any atom is -0.342 e. The van der Waals surface area contributed by atoms with Gasteiger partial charge in [-0.3, -0.25) is 14.6 Å². The number of hydrogen-bond acceptors (Lipinski definition) is 4. The average molecular weight is 359 g/mol. The lowest BCUT2D eigenvalue weighted by Gasteiger charge is -2.37. The largest absolute Gasteiger partial charge is 0.342 e. The molecule has 1 saturated heterocycles. The van der Waals surface area contributed by atoms with Crippen molar-refractivity contribution in [3.05, 3.63) is 64.9 Å². The molecule has 2 N–H and O–H groups in total. The van der Waals surface area contributed by atoms with Crippen LogP contribution in [0.3, 0.4) is 0 Å². The van der Waals surface area contributed by atoms with Crippen molar-refractivity contribution in [3.63, 3.8) is 0 Å². The van der Waals surface area contributed by atoms with E-state index in [2.05, 4.69) is 15.6 Å². The van der Waals surface area contributed by atoms with Gasteiger partial charge in [0, 0.05) is 30.9 Å². The molecule has 1 aromatic carbocycles. The molecule has 2 amide bonds. The topological polar surface area (TPSA) is 74.3 Å². The van der Waals surface area contributed by atoms with E-state index in [1.165, 1.54) is 0 Å². The fraction of sp³-hybridized carbons (Fsp3) is 0.278. The quantitative estimate of drug-likeness (QED) is 0.871. The van der Waals surface area contributed by atoms with E-state index in [1.54, 1.807) is 29.3 Å². The van der Waals surface area contributed by atoms with E-state index in [1.807, 2.05) is 24.3 Å². The molecule has 0 aliphatic carbocycles. The Hall–Kier alpha value is -2.44. The molecular weight excluding hydrogens is 340 g/mol. The zero-order valence-electron chi connectivity index (χ0n) is 13.6. The number of piperazine rings is 1. The molecule has 0 spiro atoms. The summed E-state index contributed by atoms with van der Waals surface area (Å²) in [5.41, 5.74) is 1.19. The molecule has 2 aromatic rings. The number of pyridine rings is 1. The molecule has 0 bridgehead atoms. The molecule has 1 fully saturated rings. The van der Waals surface area contributed by atoms with Gasteiger partial charge in [-0.1, -0.05) is 35.9 Å². The Balaban J connectivity index is 1.67. The summed E-state index contributed by atoms with van der Waals surface area (Å²) in [7, 11) is 0. The number of benzene rings is 1. The predicted octanol–water partition coefficient (Wildman–Crippen LogP) is 1.64. The standard InChI is InChI=1S/C18H19ClN4O2/c19-14-6-2-1-5-13(14)16-11-20-9-10-23(16)17(24)12-22-18(25)15-7-3-4-8-21-15/h1-8,16,20H,9-12H2,(H,22,25). The fourth-order valence-corrected chi connectivity index (χ4v) is 3.13. The monoisotopic (exact) mass is 358 g/mol. The maximum absolute atomic E-state index is 12.6. The van der Waals surface area contributed by atoms with Crippen molar-refractivity contribution in [2.45, 2.75) is 6.04 Å². The summed E-state index contributed by atoms with van der Waals surface area (Å²) >= 11 is 6.29. The van der Waals surface area contributed by atoms with Crippen LogP contribution < -0.4 is 10.6 Å². The van der Waals surface area contributed by atoms with Crippen molar-refractivity contribution in [1.82, 2.24) is 20.5 Å². The molecule has 7 heteroatoms. The highest BCUT2D eigenvalue weighted by atomic mass is 35.5. The van der Waals surface area contributed by atoms with Crippen molar-refractivity contribution in [1.29, 1.82) is 0 Å². The second-order valence-electron chi connectivity index (χ2n) is 5.73. The first kappa shape index (κ1) is 17.4. The van der Waals surface area contributed by atoms with Gasteiger partial charge in [-0.05, 0) is 23.8 Å². The molecule has 6 nitrogen and oxygen atoms in total. The van der Waals surface area contributed by atoms with Crippen molar-refractivity contribution >= 4 is 23.4 Å². The summed E-state index contributed by atoms with van der Waals surface area (Å²) in [6.45, 7) is 1.83. The fourth-order valence-electron chi connectivity index (χ4n) is 2.87. The number of nitrogens with one attached hydrogen (secondary N) is 2. The number of carbonyl (C=O) groups excluding carboxylic acids is 2. The molecule has 0 saturated carbocycles. The van der Waals surface area contributed by atoms with E-state index in [0.29, 0.717) is 30.4 Å². The Morgan fingerprint density at radius 1 is 1.24 bits per heavy atom. The van der Waals surface area contributed by atoms with Crippen LogP contribution in [0.2, 0.25) is 5.02 Å². The highest BCUT2D eigenvalue weighted by molar-refractivity contribution is 6.31. The van der Waals surface area contributed by atoms with Gasteiger partial charge in [-0.25, -0.2) is 0 Å². The maximum atomic E-state index is 12.6. The van der Waals surface area contributed by atoms with Crippen LogP contribution in [0.15, 0.2) is 48.7 Å². The van der Waals surface area contributed by atoms with Crippen molar-refractivity contribution < 1.29 is 9.59 Å². The summed E-state index contributed by atoms with van der Waals surface area (Å²) in [6.07, 6.45) is 1.54. The Kier molecular flexibility index (Phi) is 5.63. The van der Waals surface area contributed by atoms with E-state index in [4.69, 9.17) is 11.6 Å². The van der Waals surface area contributed by atoms with Crippen LogP contribution in [0.25, 0.3) is 0 Å². The normalized spacial score (nSPS) is 17.2. The molecule has 2 heterocycles. The Labute approximate surface area is 151 Å². The van der Waals surface area contributed by atoms with Crippen LogP contribution in [0.5, 0.6) is 0 Å². The third-order valence-electron chi connectivity index (χ3n) is 4.13. The second-order valence-corrected chi connectivity index (χ2v) is 6.13. The molecular formula is C18H19ClN4O2. The number of amides is 2. The third kappa shape index (κ3) is 4.15. The predicted molar refractivity (Wildman–Crippen MR) is 95.3 cm³/mol. The lowest BCUT2D eigenvalue weighted by Crippen LogP contribution is -2.51. The molecule has 1 atom stereocenters. The minimum absolute atomic E-state index is 0.0731. The van der Waals surface area contributed by atoms with Gasteiger partial charge in [0.25, 0.3) is 5.91 Å². The maximum Gasteiger partial charge on any atom is 0.270 e. The number of nitrogens with zero attached hydrogens (tertiary/aromatic N) is 2. The number of aromatic nitrogens is 1. The molecule has 1 unspecified atom stereocenters.